The second-order valence-electron chi connectivity index (χ2n) is 3.14. The van der Waals surface area contributed by atoms with Gasteiger partial charge in [0.25, 0.3) is 0 Å². The maximum atomic E-state index is 3.40. The van der Waals surface area contributed by atoms with Gasteiger partial charge in [0, 0.05) is 0 Å². The SMILES string of the molecule is [Br][Ir-8]([Br])([Br])([Br])([Br])([Br])([Br])([Br])([Br])([Br])([Br])[Br].[Na+].[Na+].[Na+].[Na+].[Na+].[Na+].[Na+].[Na+]. The molecule has 0 saturated carbocycles. The van der Waals surface area contributed by atoms with Crippen molar-refractivity contribution in [3.63, 3.8) is 0 Å². The van der Waals surface area contributed by atoms with Crippen LogP contribution in [0.4, 0.5) is 0 Å². The predicted octanol–water partition coefficient (Wildman–Crippen LogP) is -13.8. The first-order valence-corrected chi connectivity index (χ1v) is 64.3. The summed E-state index contributed by atoms with van der Waals surface area (Å²) < 4.78 is -7.58. The molecule has 0 nitrogen and oxygen atoms in total. The molecule has 0 aliphatic carbocycles. The molecule has 0 aliphatic heterocycles. The second-order valence-corrected chi connectivity index (χ2v) is 695. The molecule has 0 aliphatic rings. The van der Waals surface area contributed by atoms with Crippen LogP contribution in [0.5, 0.6) is 0 Å². The van der Waals surface area contributed by atoms with Crippen molar-refractivity contribution in [1.29, 1.82) is 0 Å². The van der Waals surface area contributed by atoms with Crippen molar-refractivity contribution < 1.29 is 218 Å². The fourth-order valence-corrected chi connectivity index (χ4v) is 0. The minimum Gasteiger partial charge on any atom is 1.00 e. The number of halogens is 12. The molecule has 21 heavy (non-hydrogen) atoms. The molecule has 0 bridgehead atoms. The Morgan fingerprint density at radius 3 is 0.238 bits per heavy atom. The van der Waals surface area contributed by atoms with Crippen molar-refractivity contribution in [1.82, 2.24) is 0 Å². The van der Waals surface area contributed by atoms with Gasteiger partial charge in [0.1, 0.15) is 0 Å². The Bertz CT molecular complexity index is 424. The largest absolute Gasteiger partial charge is 1.00 e. The Labute approximate surface area is 366 Å². The molecule has 101 valence electrons. The zero-order valence-electron chi connectivity index (χ0n) is 12.9. The van der Waals surface area contributed by atoms with E-state index in [0.29, 0.717) is 0 Å². The number of hydrogen-bond acceptors (Lipinski definition) is 0. The van der Waals surface area contributed by atoms with Gasteiger partial charge in [0.15, 0.2) is 0 Å². The van der Waals surface area contributed by atoms with E-state index in [1.54, 1.807) is 0 Å². The molecule has 0 unspecified atom stereocenters. The van der Waals surface area contributed by atoms with Crippen LogP contribution >= 0.6 is 162 Å². The smallest absolute Gasteiger partial charge is 1.00 e. The van der Waals surface area contributed by atoms with Crippen LogP contribution in [0.3, 0.4) is 0 Å². The van der Waals surface area contributed by atoms with Gasteiger partial charge < -0.3 is 0 Å². The monoisotopic (exact) mass is 1320 g/mol. The average molecular weight is 1330 g/mol. The van der Waals surface area contributed by atoms with E-state index in [2.05, 4.69) is 162 Å². The van der Waals surface area contributed by atoms with E-state index in [4.69, 9.17) is 0 Å². The number of rotatable bonds is 0. The summed E-state index contributed by atoms with van der Waals surface area (Å²) >= 11 is 40.8. The summed E-state index contributed by atoms with van der Waals surface area (Å²) in [7, 11) is 0. The summed E-state index contributed by atoms with van der Waals surface area (Å²) in [5, 5.41) is 0. The third kappa shape index (κ3) is 174. The fraction of sp³-hybridized carbons (Fsp3) is 0. The van der Waals surface area contributed by atoms with Crippen molar-refractivity contribution in [2.45, 2.75) is 0 Å². The van der Waals surface area contributed by atoms with Crippen LogP contribution in [0.15, 0.2) is 0 Å². The van der Waals surface area contributed by atoms with E-state index >= 15 is 0 Å². The maximum absolute atomic E-state index is 7.58. The number of hydrogen-bond donors (Lipinski definition) is 0. The summed E-state index contributed by atoms with van der Waals surface area (Å²) in [6.07, 6.45) is 0. The minimum absolute atomic E-state index is 0. The van der Waals surface area contributed by atoms with E-state index in [-0.39, 0.29) is 236 Å². The molecule has 0 spiro atoms. The van der Waals surface area contributed by atoms with Crippen LogP contribution in [-0.2, 0) is -18.3 Å². The Morgan fingerprint density at radius 1 is 0.238 bits per heavy atom. The van der Waals surface area contributed by atoms with E-state index in [9.17, 15) is 0 Å². The molecule has 0 aromatic carbocycles. The van der Waals surface area contributed by atoms with Crippen molar-refractivity contribution in [3.05, 3.63) is 0 Å². The minimum atomic E-state index is -7.58. The van der Waals surface area contributed by atoms with Crippen LogP contribution in [-0.4, -0.2) is 0 Å². The van der Waals surface area contributed by atoms with Gasteiger partial charge in [-0.25, -0.2) is 0 Å². The molecule has 0 N–H and O–H groups in total. The third-order valence-corrected chi connectivity index (χ3v) is 0. The zero-order valence-corrected chi connectivity index (χ0v) is 50.3. The Morgan fingerprint density at radius 2 is 0.238 bits per heavy atom. The molecular weight excluding hydrogens is 1330 g/mol. The van der Waals surface area contributed by atoms with Gasteiger partial charge in [-0.1, -0.05) is 0 Å². The molecule has 0 heterocycles. The third-order valence-electron chi connectivity index (χ3n) is 0. The van der Waals surface area contributed by atoms with Gasteiger partial charge in [-0.2, -0.15) is 0 Å². The van der Waals surface area contributed by atoms with Crippen LogP contribution in [0, 0.1) is 0 Å². The quantitative estimate of drug-likeness (QED) is 0.212. The van der Waals surface area contributed by atoms with Gasteiger partial charge in [0.05, 0.1) is 0 Å². The van der Waals surface area contributed by atoms with Gasteiger partial charge in [-0.05, 0) is 0 Å². The summed E-state index contributed by atoms with van der Waals surface area (Å²) in [5.74, 6) is 0. The molecule has 0 aromatic heterocycles. The molecular formula is Br12IrNa8. The van der Waals surface area contributed by atoms with E-state index in [0.717, 1.165) is 0 Å². The maximum Gasteiger partial charge on any atom is 1.00 e. The normalized spacial score (nSPS) is 29.1. The molecule has 0 fully saturated rings. The van der Waals surface area contributed by atoms with Gasteiger partial charge >= 0.3 is 380 Å². The molecule has 0 amide bonds. The molecule has 0 saturated heterocycles. The van der Waals surface area contributed by atoms with Crippen LogP contribution < -0.4 is 236 Å². The summed E-state index contributed by atoms with van der Waals surface area (Å²) in [6, 6.07) is 0. The van der Waals surface area contributed by atoms with Gasteiger partial charge in [-0.15, -0.1) is 0 Å². The Kier molecular flexibility index (Phi) is 17.0. The van der Waals surface area contributed by atoms with Gasteiger partial charge in [-0.3, -0.25) is 0 Å². The Hall–Kier alpha value is 14.4. The first-order valence-electron chi connectivity index (χ1n) is 1.51. The van der Waals surface area contributed by atoms with Crippen molar-refractivity contribution in [2.75, 3.05) is 0 Å². The average Bonchev–Trinajstić information content (AvgIpc) is 0.391. The first-order chi connectivity index (χ1) is 3.46. The standard InChI is InChI=1S/12BrH.Ir.8Na/h12*1H;;;;;;;;;/q;;;;;;;;;;;;+4;8*+1/p-12. The van der Waals surface area contributed by atoms with Crippen LogP contribution in [0.25, 0.3) is 0 Å². The van der Waals surface area contributed by atoms with Crippen LogP contribution in [0.1, 0.15) is 0 Å². The molecule has 0 atom stereocenters. The van der Waals surface area contributed by atoms with Crippen LogP contribution in [0.2, 0.25) is 0 Å². The van der Waals surface area contributed by atoms with Gasteiger partial charge in [0.2, 0.25) is 0 Å². The van der Waals surface area contributed by atoms with E-state index in [1.165, 1.54) is 0 Å². The summed E-state index contributed by atoms with van der Waals surface area (Å²) in [4.78, 5) is 0. The first kappa shape index (κ1) is 60.1. The molecule has 0 rings (SSSR count). The predicted molar refractivity (Wildman–Crippen MR) is 107 cm³/mol. The van der Waals surface area contributed by atoms with Crippen molar-refractivity contribution in [2.24, 2.45) is 0 Å². The molecule has 0 radical (unpaired) electrons. The van der Waals surface area contributed by atoms with E-state index < -0.39 is -18.3 Å². The fourth-order valence-electron chi connectivity index (χ4n) is 0. The van der Waals surface area contributed by atoms with Crippen molar-refractivity contribution in [3.8, 4) is 0 Å². The van der Waals surface area contributed by atoms with E-state index in [1.807, 2.05) is 0 Å². The summed E-state index contributed by atoms with van der Waals surface area (Å²) in [6.45, 7) is 0. The van der Waals surface area contributed by atoms with Crippen molar-refractivity contribution >= 4 is 162 Å². The topological polar surface area (TPSA) is 0 Å². The second kappa shape index (κ2) is 5.94. The Balaban J connectivity index is -0.0000000257. The molecule has 21 heteroatoms. The zero-order chi connectivity index (χ0) is 12.3. The molecule has 0 aromatic rings. The summed E-state index contributed by atoms with van der Waals surface area (Å²) in [5.41, 5.74) is 0.